The summed E-state index contributed by atoms with van der Waals surface area (Å²) in [6, 6.07) is 15.6. The molecule has 0 saturated heterocycles. The lowest BCUT2D eigenvalue weighted by Gasteiger charge is -2.10. The van der Waals surface area contributed by atoms with E-state index in [1.807, 2.05) is 29.0 Å². The van der Waals surface area contributed by atoms with Crippen LogP contribution in [-0.2, 0) is 26.1 Å². The normalized spacial score (nSPS) is 11.4. The van der Waals surface area contributed by atoms with Gasteiger partial charge in [-0.2, -0.15) is 0 Å². The van der Waals surface area contributed by atoms with Crippen LogP contribution in [0.15, 0.2) is 65.7 Å². The van der Waals surface area contributed by atoms with Gasteiger partial charge < -0.3 is 14.0 Å². The monoisotopic (exact) mass is 388 g/mol. The van der Waals surface area contributed by atoms with Gasteiger partial charge in [-0.1, -0.05) is 24.3 Å². The highest BCUT2D eigenvalue weighted by molar-refractivity contribution is 7.89. The van der Waals surface area contributed by atoms with Crippen molar-refractivity contribution in [2.24, 2.45) is 0 Å². The van der Waals surface area contributed by atoms with E-state index >= 15 is 0 Å². The summed E-state index contributed by atoms with van der Waals surface area (Å²) in [4.78, 5) is 11.5. The van der Waals surface area contributed by atoms with Gasteiger partial charge >= 0.3 is 5.97 Å². The van der Waals surface area contributed by atoms with Gasteiger partial charge in [-0.25, -0.2) is 17.9 Å². The standard InChI is InChI=1S/C19H20N2O5S/c1-25-19(22)14-26-18-9-5-8-17-16(18)10-12-21(17)13-11-20-27(23,24)15-6-3-2-4-7-15/h2-10,12,20H,11,13-14H2,1H3. The Kier molecular flexibility index (Phi) is 5.78. The number of carbonyl (C=O) groups is 1. The maximum absolute atomic E-state index is 12.3. The van der Waals surface area contributed by atoms with E-state index < -0.39 is 16.0 Å². The van der Waals surface area contributed by atoms with Gasteiger partial charge in [0, 0.05) is 24.7 Å². The number of fused-ring (bicyclic) bond motifs is 1. The number of methoxy groups -OCH3 is 1. The van der Waals surface area contributed by atoms with E-state index in [0.717, 1.165) is 10.9 Å². The number of rotatable bonds is 8. The van der Waals surface area contributed by atoms with E-state index in [1.165, 1.54) is 7.11 Å². The Bertz CT molecular complexity index is 1030. The molecule has 27 heavy (non-hydrogen) atoms. The first kappa shape index (κ1) is 18.9. The van der Waals surface area contributed by atoms with Crippen molar-refractivity contribution in [3.05, 3.63) is 60.8 Å². The Morgan fingerprint density at radius 2 is 1.85 bits per heavy atom. The van der Waals surface area contributed by atoms with Gasteiger partial charge in [-0.3, -0.25) is 0 Å². The zero-order valence-corrected chi connectivity index (χ0v) is 15.6. The Hall–Kier alpha value is -2.84. The zero-order valence-electron chi connectivity index (χ0n) is 14.8. The highest BCUT2D eigenvalue weighted by Gasteiger charge is 2.13. The lowest BCUT2D eigenvalue weighted by atomic mass is 10.2. The molecule has 0 fully saturated rings. The second kappa shape index (κ2) is 8.24. The van der Waals surface area contributed by atoms with Gasteiger partial charge in [0.05, 0.1) is 17.5 Å². The number of esters is 1. The minimum atomic E-state index is -3.54. The first-order valence-electron chi connectivity index (χ1n) is 8.33. The summed E-state index contributed by atoms with van der Waals surface area (Å²) in [6.45, 7) is 0.530. The minimum absolute atomic E-state index is 0.169. The molecule has 0 aliphatic heterocycles. The highest BCUT2D eigenvalue weighted by atomic mass is 32.2. The fraction of sp³-hybridized carbons (Fsp3) is 0.211. The van der Waals surface area contributed by atoms with Crippen LogP contribution in [0.3, 0.4) is 0 Å². The van der Waals surface area contributed by atoms with Crippen LogP contribution >= 0.6 is 0 Å². The third kappa shape index (κ3) is 4.47. The Morgan fingerprint density at radius 3 is 2.59 bits per heavy atom. The number of aromatic nitrogens is 1. The third-order valence-corrected chi connectivity index (χ3v) is 5.52. The van der Waals surface area contributed by atoms with Crippen LogP contribution in [0.2, 0.25) is 0 Å². The predicted octanol–water partition coefficient (Wildman–Crippen LogP) is 2.17. The van der Waals surface area contributed by atoms with Crippen LogP contribution in [0.1, 0.15) is 0 Å². The Balaban J connectivity index is 1.68. The number of hydrogen-bond donors (Lipinski definition) is 1. The average Bonchev–Trinajstić information content (AvgIpc) is 3.10. The molecule has 0 aliphatic rings. The summed E-state index contributed by atoms with van der Waals surface area (Å²) < 4.78 is 39.1. The number of nitrogens with zero attached hydrogens (tertiary/aromatic N) is 1. The van der Waals surface area contributed by atoms with Gasteiger partial charge in [0.15, 0.2) is 6.61 Å². The molecule has 142 valence electrons. The predicted molar refractivity (Wildman–Crippen MR) is 101 cm³/mol. The van der Waals surface area contributed by atoms with E-state index in [9.17, 15) is 13.2 Å². The van der Waals surface area contributed by atoms with Crippen LogP contribution in [0, 0.1) is 0 Å². The number of carbonyl (C=O) groups excluding carboxylic acids is 1. The molecule has 0 radical (unpaired) electrons. The first-order valence-corrected chi connectivity index (χ1v) is 9.82. The van der Waals surface area contributed by atoms with Crippen molar-refractivity contribution in [1.29, 1.82) is 0 Å². The number of benzene rings is 2. The molecule has 0 unspecified atom stereocenters. The fourth-order valence-electron chi connectivity index (χ4n) is 2.70. The largest absolute Gasteiger partial charge is 0.481 e. The summed E-state index contributed by atoms with van der Waals surface area (Å²) in [7, 11) is -2.23. The molecular weight excluding hydrogens is 368 g/mol. The second-order valence-electron chi connectivity index (χ2n) is 5.77. The van der Waals surface area contributed by atoms with E-state index in [0.29, 0.717) is 12.3 Å². The number of hydrogen-bond acceptors (Lipinski definition) is 5. The van der Waals surface area contributed by atoms with Crippen LogP contribution in [0.25, 0.3) is 10.9 Å². The van der Waals surface area contributed by atoms with Crippen molar-refractivity contribution in [3.63, 3.8) is 0 Å². The van der Waals surface area contributed by atoms with Gasteiger partial charge in [0.25, 0.3) is 0 Å². The van der Waals surface area contributed by atoms with E-state index in [1.54, 1.807) is 36.4 Å². The smallest absolute Gasteiger partial charge is 0.343 e. The first-order chi connectivity index (χ1) is 13.0. The maximum atomic E-state index is 12.3. The summed E-state index contributed by atoms with van der Waals surface area (Å²) in [5, 5.41) is 0.840. The van der Waals surface area contributed by atoms with Crippen LogP contribution in [-0.4, -0.2) is 39.2 Å². The number of ether oxygens (including phenoxy) is 2. The molecular formula is C19H20N2O5S. The zero-order chi connectivity index (χ0) is 19.3. The average molecular weight is 388 g/mol. The van der Waals surface area contributed by atoms with Gasteiger partial charge in [-0.05, 0) is 30.3 Å². The molecule has 7 nitrogen and oxygen atoms in total. The molecule has 0 bridgehead atoms. The Morgan fingerprint density at radius 1 is 1.07 bits per heavy atom. The van der Waals surface area contributed by atoms with Crippen LogP contribution in [0.4, 0.5) is 0 Å². The molecule has 0 saturated carbocycles. The molecule has 0 aliphatic carbocycles. The summed E-state index contributed by atoms with van der Waals surface area (Å²) >= 11 is 0. The van der Waals surface area contributed by atoms with Crippen molar-refractivity contribution < 1.29 is 22.7 Å². The topological polar surface area (TPSA) is 86.6 Å². The summed E-state index contributed by atoms with van der Waals surface area (Å²) in [5.74, 6) is 0.114. The third-order valence-electron chi connectivity index (χ3n) is 4.05. The van der Waals surface area contributed by atoms with E-state index in [-0.39, 0.29) is 18.0 Å². The molecule has 0 amide bonds. The molecule has 0 spiro atoms. The van der Waals surface area contributed by atoms with Crippen LogP contribution in [0.5, 0.6) is 5.75 Å². The maximum Gasteiger partial charge on any atom is 0.343 e. The van der Waals surface area contributed by atoms with E-state index in [4.69, 9.17) is 4.74 Å². The van der Waals surface area contributed by atoms with Crippen molar-refractivity contribution in [2.45, 2.75) is 11.4 Å². The summed E-state index contributed by atoms with van der Waals surface area (Å²) in [5.41, 5.74) is 0.885. The molecule has 1 N–H and O–H groups in total. The number of nitrogens with one attached hydrogen (secondary N) is 1. The van der Waals surface area contributed by atoms with Crippen molar-refractivity contribution in [3.8, 4) is 5.75 Å². The molecule has 0 atom stereocenters. The molecule has 1 aromatic heterocycles. The SMILES string of the molecule is COC(=O)COc1cccc2c1ccn2CCNS(=O)(=O)c1ccccc1. The second-order valence-corrected chi connectivity index (χ2v) is 7.54. The van der Waals surface area contributed by atoms with Gasteiger partial charge in [-0.15, -0.1) is 0 Å². The van der Waals surface area contributed by atoms with Crippen molar-refractivity contribution >= 4 is 26.9 Å². The summed E-state index contributed by atoms with van der Waals surface area (Å²) in [6.07, 6.45) is 1.85. The van der Waals surface area contributed by atoms with E-state index in [2.05, 4.69) is 9.46 Å². The lowest BCUT2D eigenvalue weighted by molar-refractivity contribution is -0.142. The molecule has 1 heterocycles. The fourth-order valence-corrected chi connectivity index (χ4v) is 3.74. The molecule has 2 aromatic carbocycles. The Labute approximate surface area is 157 Å². The minimum Gasteiger partial charge on any atom is -0.481 e. The molecule has 3 rings (SSSR count). The van der Waals surface area contributed by atoms with Gasteiger partial charge in [0.2, 0.25) is 10.0 Å². The van der Waals surface area contributed by atoms with Crippen molar-refractivity contribution in [1.82, 2.24) is 9.29 Å². The molecule has 8 heteroatoms. The quantitative estimate of drug-likeness (QED) is 0.598. The molecule has 3 aromatic rings. The highest BCUT2D eigenvalue weighted by Crippen LogP contribution is 2.26. The lowest BCUT2D eigenvalue weighted by Crippen LogP contribution is -2.27. The number of sulfonamides is 1. The van der Waals surface area contributed by atoms with Gasteiger partial charge in [0.1, 0.15) is 5.75 Å². The van der Waals surface area contributed by atoms with Crippen LogP contribution < -0.4 is 9.46 Å². The van der Waals surface area contributed by atoms with Crippen molar-refractivity contribution in [2.75, 3.05) is 20.3 Å².